The molecule has 0 aromatic carbocycles. The predicted molar refractivity (Wildman–Crippen MR) is 99.1 cm³/mol. The highest BCUT2D eigenvalue weighted by Gasteiger charge is 2.43. The molecule has 1 aliphatic rings. The molecule has 3 heterocycles. The number of hydrogen-bond donors (Lipinski definition) is 6. The van der Waals surface area contributed by atoms with Crippen molar-refractivity contribution in [3.8, 4) is 0 Å². The summed E-state index contributed by atoms with van der Waals surface area (Å²) >= 11 is 5.94. The number of hydrogen-bond acceptors (Lipinski definition) is 12. The van der Waals surface area contributed by atoms with E-state index in [-0.39, 0.29) is 28.7 Å². The Labute approximate surface area is 177 Å². The van der Waals surface area contributed by atoms with Gasteiger partial charge in [0.05, 0.1) is 19.0 Å². The van der Waals surface area contributed by atoms with Gasteiger partial charge >= 0.3 is 23.5 Å². The van der Waals surface area contributed by atoms with Crippen molar-refractivity contribution in [2.45, 2.75) is 24.9 Å². The molecule has 5 atom stereocenters. The number of imidazole rings is 1. The number of nitrogens with zero attached hydrogens (tertiary/aromatic N) is 4. The average molecular weight is 526 g/mol. The number of ether oxygens (including phenoxy) is 1. The molecule has 3 rings (SSSR count). The highest BCUT2D eigenvalue weighted by molar-refractivity contribution is 7.66. The van der Waals surface area contributed by atoms with Crippen molar-refractivity contribution in [2.24, 2.45) is 0 Å². The molecule has 7 N–H and O–H groups in total. The lowest BCUT2D eigenvalue weighted by Gasteiger charge is -2.19. The normalized spacial score (nSPS) is 26.1. The molecule has 31 heavy (non-hydrogen) atoms. The molecular formula is C10H15ClN5O12P3. The maximum Gasteiger partial charge on any atom is 0.490 e. The summed E-state index contributed by atoms with van der Waals surface area (Å²) in [4.78, 5) is 47.4. The topological polar surface area (TPSA) is 259 Å². The molecule has 1 saturated heterocycles. The van der Waals surface area contributed by atoms with Gasteiger partial charge in [0.2, 0.25) is 5.95 Å². The van der Waals surface area contributed by atoms with E-state index in [9.17, 15) is 23.7 Å². The number of anilines is 1. The summed E-state index contributed by atoms with van der Waals surface area (Å²) in [6.45, 7) is -0.814. The fourth-order valence-corrected chi connectivity index (χ4v) is 5.87. The quantitative estimate of drug-likeness (QED) is 0.196. The molecule has 5 unspecified atom stereocenters. The molecule has 2 aromatic rings. The number of rotatable bonds is 8. The molecule has 1 fully saturated rings. The highest BCUT2D eigenvalue weighted by Crippen LogP contribution is 2.66. The molecule has 2 aromatic heterocycles. The van der Waals surface area contributed by atoms with Crippen molar-refractivity contribution in [3.05, 3.63) is 11.5 Å². The van der Waals surface area contributed by atoms with Crippen LogP contribution in [0.1, 0.15) is 12.6 Å². The van der Waals surface area contributed by atoms with Crippen molar-refractivity contribution < 1.29 is 56.3 Å². The van der Waals surface area contributed by atoms with Crippen LogP contribution in [0.4, 0.5) is 5.95 Å². The molecule has 0 spiro atoms. The van der Waals surface area contributed by atoms with Gasteiger partial charge in [-0.15, -0.1) is 0 Å². The first-order chi connectivity index (χ1) is 14.2. The standard InChI is InChI=1S/C10H15ClN5O12P3/c11-8-7-9(15-10(12)14-8)16(3-13-7)6-1-4(17)5(26-6)2-25-30(21,22)28-31(23,24)27-29(18,19)20/h3-6,17H,1-2H2,(H,21,22)(H,23,24)(H2,12,14,15)(H2,18,19,20). The smallest absolute Gasteiger partial charge is 0.390 e. The summed E-state index contributed by atoms with van der Waals surface area (Å²) in [6, 6.07) is 0. The van der Waals surface area contributed by atoms with Gasteiger partial charge < -0.3 is 35.2 Å². The van der Waals surface area contributed by atoms with Gasteiger partial charge in [-0.25, -0.2) is 18.7 Å². The van der Waals surface area contributed by atoms with Crippen LogP contribution in [0.25, 0.3) is 11.2 Å². The van der Waals surface area contributed by atoms with Gasteiger partial charge in [-0.2, -0.15) is 18.6 Å². The van der Waals surface area contributed by atoms with E-state index in [0.717, 1.165) is 0 Å². The first-order valence-electron chi connectivity index (χ1n) is 7.93. The molecular weight excluding hydrogens is 511 g/mol. The van der Waals surface area contributed by atoms with Gasteiger partial charge in [0.1, 0.15) is 17.8 Å². The van der Waals surface area contributed by atoms with Crippen molar-refractivity contribution in [3.63, 3.8) is 0 Å². The average Bonchev–Trinajstić information content (AvgIpc) is 3.13. The summed E-state index contributed by atoms with van der Waals surface area (Å²) in [6.07, 6.45) is -2.07. The molecule has 1 aliphatic heterocycles. The lowest BCUT2D eigenvalue weighted by molar-refractivity contribution is -0.0423. The number of halogens is 1. The summed E-state index contributed by atoms with van der Waals surface area (Å²) in [5, 5.41) is 10.1. The zero-order chi connectivity index (χ0) is 23.2. The van der Waals surface area contributed by atoms with Gasteiger partial charge in [-0.3, -0.25) is 9.09 Å². The summed E-state index contributed by atoms with van der Waals surface area (Å²) in [7, 11) is -16.5. The number of nitrogens with two attached hydrogens (primary N) is 1. The number of phosphoric acid groups is 3. The highest BCUT2D eigenvalue weighted by atomic mass is 35.5. The third-order valence-corrected chi connectivity index (χ3v) is 7.79. The summed E-state index contributed by atoms with van der Waals surface area (Å²) in [5.41, 5.74) is 5.97. The van der Waals surface area contributed by atoms with Gasteiger partial charge in [-0.1, -0.05) is 11.6 Å². The van der Waals surface area contributed by atoms with Gasteiger partial charge in [0.15, 0.2) is 10.8 Å². The zero-order valence-electron chi connectivity index (χ0n) is 14.9. The first kappa shape index (κ1) is 24.6. The van der Waals surface area contributed by atoms with E-state index >= 15 is 0 Å². The van der Waals surface area contributed by atoms with Crippen molar-refractivity contribution >= 4 is 52.2 Å². The van der Waals surface area contributed by atoms with Crippen LogP contribution in [0.5, 0.6) is 0 Å². The van der Waals surface area contributed by atoms with Gasteiger partial charge in [0.25, 0.3) is 0 Å². The molecule has 21 heteroatoms. The second kappa shape index (κ2) is 8.72. The second-order valence-corrected chi connectivity index (χ2v) is 10.8. The second-order valence-electron chi connectivity index (χ2n) is 6.02. The largest absolute Gasteiger partial charge is 0.490 e. The number of aliphatic hydroxyl groups is 1. The third kappa shape index (κ3) is 6.27. The molecule has 0 aliphatic carbocycles. The maximum absolute atomic E-state index is 11.8. The minimum absolute atomic E-state index is 0.0102. The number of aliphatic hydroxyl groups excluding tert-OH is 1. The molecule has 0 amide bonds. The van der Waals surface area contributed by atoms with Gasteiger partial charge in [-0.05, 0) is 0 Å². The Morgan fingerprint density at radius 3 is 2.52 bits per heavy atom. The lowest BCUT2D eigenvalue weighted by atomic mass is 10.2. The summed E-state index contributed by atoms with van der Waals surface area (Å²) < 4.78 is 52.3. The maximum atomic E-state index is 11.8. The number of nitrogen functional groups attached to an aromatic ring is 1. The van der Waals surface area contributed by atoms with Crippen LogP contribution >= 0.6 is 35.1 Å². The predicted octanol–water partition coefficient (Wildman–Crippen LogP) is 0.0536. The van der Waals surface area contributed by atoms with E-state index < -0.39 is 48.5 Å². The van der Waals surface area contributed by atoms with E-state index in [1.54, 1.807) is 0 Å². The number of fused-ring (bicyclic) bond motifs is 1. The van der Waals surface area contributed by atoms with Crippen LogP contribution in [0.15, 0.2) is 6.33 Å². The number of phosphoric ester groups is 1. The SMILES string of the molecule is Nc1nc(Cl)c2ncn(C3CC(O)C(COP(=O)(O)OP(=O)(O)OP(=O)(O)O)O3)c2n1. The Hall–Kier alpha value is -1.03. The van der Waals surface area contributed by atoms with Crippen LogP contribution in [-0.4, -0.2) is 63.0 Å². The van der Waals surface area contributed by atoms with Crippen molar-refractivity contribution in [2.75, 3.05) is 12.3 Å². The lowest BCUT2D eigenvalue weighted by Crippen LogP contribution is -2.26. The van der Waals surface area contributed by atoms with E-state index in [2.05, 4.69) is 28.1 Å². The van der Waals surface area contributed by atoms with E-state index in [4.69, 9.17) is 36.8 Å². The molecule has 0 radical (unpaired) electrons. The Morgan fingerprint density at radius 2 is 1.87 bits per heavy atom. The van der Waals surface area contributed by atoms with Crippen molar-refractivity contribution in [1.29, 1.82) is 0 Å². The van der Waals surface area contributed by atoms with Crippen LogP contribution in [-0.2, 0) is 31.6 Å². The number of aromatic nitrogens is 4. The first-order valence-corrected chi connectivity index (χ1v) is 12.8. The molecule has 17 nitrogen and oxygen atoms in total. The van der Waals surface area contributed by atoms with E-state index in [1.165, 1.54) is 10.9 Å². The Balaban J connectivity index is 1.66. The summed E-state index contributed by atoms with van der Waals surface area (Å²) in [5.74, 6) is -0.137. The van der Waals surface area contributed by atoms with Crippen LogP contribution in [0, 0.1) is 0 Å². The van der Waals surface area contributed by atoms with E-state index in [0.29, 0.717) is 0 Å². The zero-order valence-corrected chi connectivity index (χ0v) is 18.3. The fourth-order valence-electron chi connectivity index (χ4n) is 2.62. The Bertz CT molecular complexity index is 1120. The van der Waals surface area contributed by atoms with Crippen LogP contribution in [0.3, 0.4) is 0 Å². The van der Waals surface area contributed by atoms with Gasteiger partial charge in [0, 0.05) is 6.42 Å². The Kier molecular flexibility index (Phi) is 6.93. The Morgan fingerprint density at radius 1 is 1.19 bits per heavy atom. The minimum atomic E-state index is -5.66. The monoisotopic (exact) mass is 525 g/mol. The van der Waals surface area contributed by atoms with Crippen molar-refractivity contribution in [1.82, 2.24) is 19.5 Å². The minimum Gasteiger partial charge on any atom is -0.390 e. The molecule has 174 valence electrons. The fraction of sp³-hybridized carbons (Fsp3) is 0.500. The third-order valence-electron chi connectivity index (χ3n) is 3.73. The molecule has 0 saturated carbocycles. The van der Waals surface area contributed by atoms with E-state index in [1.807, 2.05) is 0 Å². The molecule has 0 bridgehead atoms. The van der Waals surface area contributed by atoms with Crippen LogP contribution < -0.4 is 5.73 Å². The van der Waals surface area contributed by atoms with Crippen LogP contribution in [0.2, 0.25) is 5.15 Å².